The highest BCUT2D eigenvalue weighted by Gasteiger charge is 2.33. The average molecular weight is 331 g/mol. The number of amides is 2. The summed E-state index contributed by atoms with van der Waals surface area (Å²) in [6, 6.07) is 8.37. The van der Waals surface area contributed by atoms with Crippen molar-refractivity contribution >= 4 is 17.5 Å². The predicted molar refractivity (Wildman–Crippen MR) is 97.1 cm³/mol. The number of benzene rings is 1. The lowest BCUT2D eigenvalue weighted by Gasteiger charge is -2.39. The van der Waals surface area contributed by atoms with Gasteiger partial charge in [0.2, 0.25) is 0 Å². The Bertz CT molecular complexity index is 599. The fourth-order valence-electron chi connectivity index (χ4n) is 3.17. The Morgan fingerprint density at radius 3 is 2.25 bits per heavy atom. The Balaban J connectivity index is 1.99. The first-order valence-electron chi connectivity index (χ1n) is 8.66. The summed E-state index contributed by atoms with van der Waals surface area (Å²) < 4.78 is 0. The molecule has 0 spiro atoms. The van der Waals surface area contributed by atoms with Crippen LogP contribution in [0.5, 0.6) is 0 Å². The molecule has 1 heterocycles. The van der Waals surface area contributed by atoms with Gasteiger partial charge in [-0.3, -0.25) is 9.59 Å². The molecule has 1 aliphatic rings. The zero-order valence-corrected chi connectivity index (χ0v) is 15.5. The molecule has 132 valence electrons. The molecule has 1 aliphatic heterocycles. The van der Waals surface area contributed by atoms with Crippen LogP contribution in [0.15, 0.2) is 24.3 Å². The Morgan fingerprint density at radius 2 is 1.75 bits per heavy atom. The van der Waals surface area contributed by atoms with Crippen LogP contribution >= 0.6 is 0 Å². The molecule has 0 atom stereocenters. The number of piperazine rings is 1. The normalized spacial score (nSPS) is 15.4. The first-order chi connectivity index (χ1) is 11.2. The van der Waals surface area contributed by atoms with E-state index in [-0.39, 0.29) is 11.4 Å². The van der Waals surface area contributed by atoms with Crippen molar-refractivity contribution in [3.63, 3.8) is 0 Å². The Labute approximate surface area is 145 Å². The second-order valence-corrected chi connectivity index (χ2v) is 7.34. The molecule has 0 saturated carbocycles. The van der Waals surface area contributed by atoms with Crippen molar-refractivity contribution in [2.24, 2.45) is 0 Å². The van der Waals surface area contributed by atoms with Crippen molar-refractivity contribution in [1.29, 1.82) is 0 Å². The topological polar surface area (TPSA) is 43.9 Å². The molecule has 2 rings (SSSR count). The van der Waals surface area contributed by atoms with Crippen LogP contribution in [0, 0.1) is 6.92 Å². The van der Waals surface area contributed by atoms with Gasteiger partial charge in [-0.2, -0.15) is 0 Å². The van der Waals surface area contributed by atoms with E-state index in [2.05, 4.69) is 30.0 Å². The summed E-state index contributed by atoms with van der Waals surface area (Å²) in [5.41, 5.74) is 2.06. The molecule has 0 unspecified atom stereocenters. The van der Waals surface area contributed by atoms with E-state index in [1.165, 1.54) is 11.3 Å². The minimum Gasteiger partial charge on any atom is -0.368 e. The van der Waals surface area contributed by atoms with Gasteiger partial charge < -0.3 is 14.7 Å². The van der Waals surface area contributed by atoms with Crippen LogP contribution < -0.4 is 4.90 Å². The maximum absolute atomic E-state index is 12.6. The molecule has 1 fully saturated rings. The van der Waals surface area contributed by atoms with Crippen LogP contribution in [0.1, 0.15) is 33.3 Å². The smallest absolute Gasteiger partial charge is 0.312 e. The first kappa shape index (κ1) is 18.3. The van der Waals surface area contributed by atoms with Gasteiger partial charge in [0.1, 0.15) is 0 Å². The zero-order chi connectivity index (χ0) is 17.9. The van der Waals surface area contributed by atoms with Crippen molar-refractivity contribution < 1.29 is 9.59 Å². The molecule has 1 aromatic carbocycles. The highest BCUT2D eigenvalue weighted by Crippen LogP contribution is 2.19. The van der Waals surface area contributed by atoms with Gasteiger partial charge in [-0.05, 0) is 52.3 Å². The number of hydrogen-bond donors (Lipinski definition) is 0. The van der Waals surface area contributed by atoms with Gasteiger partial charge in [-0.25, -0.2) is 0 Å². The van der Waals surface area contributed by atoms with Gasteiger partial charge in [0, 0.05) is 44.0 Å². The van der Waals surface area contributed by atoms with Gasteiger partial charge in [0.05, 0.1) is 0 Å². The molecule has 5 heteroatoms. The molecular weight excluding hydrogens is 302 g/mol. The monoisotopic (exact) mass is 331 g/mol. The number of aryl methyl sites for hydroxylation is 1. The third-order valence-corrected chi connectivity index (χ3v) is 4.49. The van der Waals surface area contributed by atoms with E-state index < -0.39 is 5.91 Å². The molecule has 0 radical (unpaired) electrons. The molecule has 0 bridgehead atoms. The van der Waals surface area contributed by atoms with Gasteiger partial charge in [-0.15, -0.1) is 0 Å². The number of hydrogen-bond acceptors (Lipinski definition) is 3. The Hall–Kier alpha value is -2.04. The fraction of sp³-hybridized carbons (Fsp3) is 0.579. The van der Waals surface area contributed by atoms with Crippen molar-refractivity contribution in [1.82, 2.24) is 9.80 Å². The highest BCUT2D eigenvalue weighted by atomic mass is 16.2. The lowest BCUT2D eigenvalue weighted by molar-refractivity contribution is -0.154. The van der Waals surface area contributed by atoms with Crippen LogP contribution in [0.2, 0.25) is 0 Å². The van der Waals surface area contributed by atoms with E-state index in [1.54, 1.807) is 9.80 Å². The van der Waals surface area contributed by atoms with E-state index in [0.717, 1.165) is 13.1 Å². The number of anilines is 1. The van der Waals surface area contributed by atoms with E-state index >= 15 is 0 Å². The molecule has 2 amide bonds. The third kappa shape index (κ3) is 4.08. The lowest BCUT2D eigenvalue weighted by atomic mass is 10.1. The summed E-state index contributed by atoms with van der Waals surface area (Å²) in [5.74, 6) is -0.773. The summed E-state index contributed by atoms with van der Waals surface area (Å²) in [7, 11) is 0. The van der Waals surface area contributed by atoms with Crippen LogP contribution in [0.3, 0.4) is 0 Å². The van der Waals surface area contributed by atoms with Gasteiger partial charge in [-0.1, -0.05) is 12.1 Å². The van der Waals surface area contributed by atoms with Crippen molar-refractivity contribution in [3.8, 4) is 0 Å². The molecule has 0 aliphatic carbocycles. The second kappa shape index (κ2) is 7.24. The third-order valence-electron chi connectivity index (χ3n) is 4.49. The predicted octanol–water partition coefficient (Wildman–Crippen LogP) is 2.29. The molecule has 0 N–H and O–H groups in total. The van der Waals surface area contributed by atoms with E-state index in [0.29, 0.717) is 19.6 Å². The van der Waals surface area contributed by atoms with Crippen LogP contribution in [0.25, 0.3) is 0 Å². The number of rotatable bonds is 2. The lowest BCUT2D eigenvalue weighted by Crippen LogP contribution is -2.56. The Morgan fingerprint density at radius 1 is 1.12 bits per heavy atom. The van der Waals surface area contributed by atoms with Crippen molar-refractivity contribution in [2.75, 3.05) is 37.6 Å². The largest absolute Gasteiger partial charge is 0.368 e. The molecule has 0 aromatic heterocycles. The SMILES string of the molecule is CCN(C(=O)C(=O)N1CCN(c2cccc(C)c2)CC1)C(C)(C)C. The van der Waals surface area contributed by atoms with Gasteiger partial charge in [0.15, 0.2) is 0 Å². The zero-order valence-electron chi connectivity index (χ0n) is 15.5. The standard InChI is InChI=1S/C19H29N3O2/c1-6-22(19(3,4)5)18(24)17(23)21-12-10-20(11-13-21)16-9-7-8-15(2)14-16/h7-9,14H,6,10-13H2,1-5H3. The minimum absolute atomic E-state index is 0.342. The van der Waals surface area contributed by atoms with E-state index in [4.69, 9.17) is 0 Å². The molecule has 5 nitrogen and oxygen atoms in total. The van der Waals surface area contributed by atoms with Crippen LogP contribution in [-0.2, 0) is 9.59 Å². The number of nitrogens with zero attached hydrogens (tertiary/aromatic N) is 3. The van der Waals surface area contributed by atoms with Crippen molar-refractivity contribution in [2.45, 2.75) is 40.2 Å². The number of carbonyl (C=O) groups excluding carboxylic acids is 2. The molecule has 1 aromatic rings. The molecule has 24 heavy (non-hydrogen) atoms. The number of likely N-dealkylation sites (N-methyl/N-ethyl adjacent to an activating group) is 1. The summed E-state index contributed by atoms with van der Waals surface area (Å²) in [6.45, 7) is 13.1. The van der Waals surface area contributed by atoms with E-state index in [1.807, 2.05) is 33.8 Å². The summed E-state index contributed by atoms with van der Waals surface area (Å²) in [5, 5.41) is 0. The second-order valence-electron chi connectivity index (χ2n) is 7.34. The summed E-state index contributed by atoms with van der Waals surface area (Å²) in [6.07, 6.45) is 0. The Kier molecular flexibility index (Phi) is 5.52. The summed E-state index contributed by atoms with van der Waals surface area (Å²) >= 11 is 0. The number of carbonyl (C=O) groups is 2. The first-order valence-corrected chi connectivity index (χ1v) is 8.66. The molecular formula is C19H29N3O2. The maximum Gasteiger partial charge on any atom is 0.312 e. The van der Waals surface area contributed by atoms with Gasteiger partial charge >= 0.3 is 11.8 Å². The van der Waals surface area contributed by atoms with Gasteiger partial charge in [0.25, 0.3) is 0 Å². The summed E-state index contributed by atoms with van der Waals surface area (Å²) in [4.78, 5) is 30.7. The highest BCUT2D eigenvalue weighted by molar-refractivity contribution is 6.35. The van der Waals surface area contributed by atoms with E-state index in [9.17, 15) is 9.59 Å². The van der Waals surface area contributed by atoms with Crippen LogP contribution in [0.4, 0.5) is 5.69 Å². The van der Waals surface area contributed by atoms with Crippen molar-refractivity contribution in [3.05, 3.63) is 29.8 Å². The average Bonchev–Trinajstić information content (AvgIpc) is 2.53. The minimum atomic E-state index is -0.394. The quantitative estimate of drug-likeness (QED) is 0.781. The fourth-order valence-corrected chi connectivity index (χ4v) is 3.17. The maximum atomic E-state index is 12.6. The molecule has 1 saturated heterocycles. The van der Waals surface area contributed by atoms with Crippen LogP contribution in [-0.4, -0.2) is 59.9 Å².